The topological polar surface area (TPSA) is 82.2 Å². The quantitative estimate of drug-likeness (QED) is 0.573. The minimum absolute atomic E-state index is 0.0789. The molecule has 5 heteroatoms. The predicted octanol–water partition coefficient (Wildman–Crippen LogP) is 1.64. The lowest BCUT2D eigenvalue weighted by Gasteiger charge is -2.21. The van der Waals surface area contributed by atoms with Gasteiger partial charge in [-0.25, -0.2) is 0 Å². The second-order valence-electron chi connectivity index (χ2n) is 5.14. The average molecular weight is 264 g/mol. The van der Waals surface area contributed by atoms with E-state index in [-0.39, 0.29) is 17.7 Å². The van der Waals surface area contributed by atoms with Crippen molar-refractivity contribution in [1.82, 2.24) is 10.3 Å². The Kier molecular flexibility index (Phi) is 4.37. The molecule has 1 saturated carbocycles. The number of H-pyrrole nitrogens is 1. The Labute approximate surface area is 112 Å². The summed E-state index contributed by atoms with van der Waals surface area (Å²) in [5.41, 5.74) is 0.855. The molecule has 1 heterocycles. The summed E-state index contributed by atoms with van der Waals surface area (Å²) in [6.07, 6.45) is 5.70. The summed E-state index contributed by atoms with van der Waals surface area (Å²) in [6.45, 7) is 1.46. The molecule has 0 radical (unpaired) electrons. The van der Waals surface area contributed by atoms with Crippen molar-refractivity contribution in [2.45, 2.75) is 51.2 Å². The first-order valence-corrected chi connectivity index (χ1v) is 6.76. The Balaban J connectivity index is 2.00. The van der Waals surface area contributed by atoms with Crippen LogP contribution in [0.25, 0.3) is 0 Å². The van der Waals surface area contributed by atoms with Gasteiger partial charge in [0.2, 0.25) is 0 Å². The minimum Gasteiger partial charge on any atom is -0.391 e. The third kappa shape index (κ3) is 3.44. The zero-order valence-electron chi connectivity index (χ0n) is 11.1. The average Bonchev–Trinajstić information content (AvgIpc) is 2.78. The highest BCUT2D eigenvalue weighted by Crippen LogP contribution is 2.18. The third-order valence-corrected chi connectivity index (χ3v) is 3.63. The Morgan fingerprint density at radius 1 is 1.32 bits per heavy atom. The monoisotopic (exact) mass is 264 g/mol. The minimum atomic E-state index is -0.478. The molecule has 1 aliphatic carbocycles. The second-order valence-corrected chi connectivity index (χ2v) is 5.14. The van der Waals surface area contributed by atoms with Gasteiger partial charge in [-0.3, -0.25) is 9.59 Å². The fourth-order valence-corrected chi connectivity index (χ4v) is 2.43. The van der Waals surface area contributed by atoms with Crippen molar-refractivity contribution in [2.24, 2.45) is 0 Å². The van der Waals surface area contributed by atoms with Crippen molar-refractivity contribution in [1.29, 1.82) is 0 Å². The number of carbonyl (C=O) groups is 2. The summed E-state index contributed by atoms with van der Waals surface area (Å²) in [5, 5.41) is 12.8. The van der Waals surface area contributed by atoms with Crippen molar-refractivity contribution in [2.75, 3.05) is 0 Å². The van der Waals surface area contributed by atoms with Gasteiger partial charge in [0, 0.05) is 11.8 Å². The number of Topliss-reactive ketones (excluding diaryl/α,β-unsaturated/α-hetero) is 1. The van der Waals surface area contributed by atoms with Gasteiger partial charge in [-0.2, -0.15) is 0 Å². The van der Waals surface area contributed by atoms with Gasteiger partial charge < -0.3 is 15.4 Å². The number of aliphatic hydroxyl groups excluding tert-OH is 1. The molecule has 104 valence electrons. The fourth-order valence-electron chi connectivity index (χ4n) is 2.43. The molecule has 0 spiro atoms. The maximum Gasteiger partial charge on any atom is 0.268 e. The van der Waals surface area contributed by atoms with Crippen LogP contribution < -0.4 is 5.32 Å². The van der Waals surface area contributed by atoms with Gasteiger partial charge in [-0.05, 0) is 25.8 Å². The lowest BCUT2D eigenvalue weighted by Crippen LogP contribution is -2.42. The van der Waals surface area contributed by atoms with Crippen molar-refractivity contribution < 1.29 is 14.7 Å². The van der Waals surface area contributed by atoms with E-state index in [9.17, 15) is 14.7 Å². The lowest BCUT2D eigenvalue weighted by molar-refractivity contribution is 0.0815. The predicted molar refractivity (Wildman–Crippen MR) is 71.1 cm³/mol. The first-order valence-electron chi connectivity index (χ1n) is 6.76. The van der Waals surface area contributed by atoms with Crippen LogP contribution in [0, 0.1) is 0 Å². The summed E-state index contributed by atoms with van der Waals surface area (Å²) >= 11 is 0. The number of aromatic nitrogens is 1. The number of hydrogen-bond donors (Lipinski definition) is 3. The van der Waals surface area contributed by atoms with E-state index in [1.54, 1.807) is 6.07 Å². The molecule has 0 bridgehead atoms. The molecule has 1 amide bonds. The number of ketones is 1. The van der Waals surface area contributed by atoms with Crippen LogP contribution in [0.5, 0.6) is 0 Å². The second kappa shape index (κ2) is 6.02. The standard InChI is InChI=1S/C14H20N2O3/c1-9(17)10-7-12(15-8-10)14(19)16-11-5-3-2-4-6-13(11)18/h7-8,11,13,15,18H,2-6H2,1H3,(H,16,19). The molecule has 0 aromatic carbocycles. The molecule has 2 atom stereocenters. The van der Waals surface area contributed by atoms with Crippen LogP contribution in [0.1, 0.15) is 59.9 Å². The summed E-state index contributed by atoms with van der Waals surface area (Å²) in [4.78, 5) is 26.0. The van der Waals surface area contributed by atoms with E-state index < -0.39 is 6.10 Å². The molecule has 3 N–H and O–H groups in total. The van der Waals surface area contributed by atoms with Crippen LogP contribution in [-0.4, -0.2) is 33.9 Å². The van der Waals surface area contributed by atoms with Crippen LogP contribution in [-0.2, 0) is 0 Å². The zero-order chi connectivity index (χ0) is 13.8. The molecular formula is C14H20N2O3. The van der Waals surface area contributed by atoms with E-state index in [2.05, 4.69) is 10.3 Å². The highest BCUT2D eigenvalue weighted by molar-refractivity contribution is 5.99. The number of aromatic amines is 1. The first kappa shape index (κ1) is 13.8. The molecular weight excluding hydrogens is 244 g/mol. The molecule has 1 aliphatic rings. The van der Waals surface area contributed by atoms with E-state index >= 15 is 0 Å². The van der Waals surface area contributed by atoms with Crippen molar-refractivity contribution >= 4 is 11.7 Å². The summed E-state index contributed by atoms with van der Waals surface area (Å²) in [7, 11) is 0. The van der Waals surface area contributed by atoms with Crippen LogP contribution in [0.2, 0.25) is 0 Å². The van der Waals surface area contributed by atoms with Crippen LogP contribution in [0.3, 0.4) is 0 Å². The number of aliphatic hydroxyl groups is 1. The molecule has 19 heavy (non-hydrogen) atoms. The van der Waals surface area contributed by atoms with E-state index in [1.165, 1.54) is 13.1 Å². The number of carbonyl (C=O) groups excluding carboxylic acids is 2. The van der Waals surface area contributed by atoms with Crippen molar-refractivity contribution in [3.63, 3.8) is 0 Å². The number of rotatable bonds is 3. The number of nitrogens with one attached hydrogen (secondary N) is 2. The Bertz CT molecular complexity index is 467. The van der Waals surface area contributed by atoms with Crippen LogP contribution in [0.15, 0.2) is 12.3 Å². The highest BCUT2D eigenvalue weighted by atomic mass is 16.3. The third-order valence-electron chi connectivity index (χ3n) is 3.63. The summed E-state index contributed by atoms with van der Waals surface area (Å²) in [5.74, 6) is -0.344. The highest BCUT2D eigenvalue weighted by Gasteiger charge is 2.24. The van der Waals surface area contributed by atoms with Crippen molar-refractivity contribution in [3.8, 4) is 0 Å². The van der Waals surface area contributed by atoms with E-state index in [0.29, 0.717) is 11.3 Å². The molecule has 1 aromatic heterocycles. The summed E-state index contributed by atoms with van der Waals surface area (Å²) in [6, 6.07) is 1.35. The van der Waals surface area contributed by atoms with Crippen LogP contribution in [0.4, 0.5) is 0 Å². The largest absolute Gasteiger partial charge is 0.391 e. The van der Waals surface area contributed by atoms with Gasteiger partial charge in [0.1, 0.15) is 5.69 Å². The molecule has 1 aromatic rings. The molecule has 0 aliphatic heterocycles. The van der Waals surface area contributed by atoms with Gasteiger partial charge in [0.05, 0.1) is 12.1 Å². The van der Waals surface area contributed by atoms with Gasteiger partial charge >= 0.3 is 0 Å². The van der Waals surface area contributed by atoms with Gasteiger partial charge in [-0.15, -0.1) is 0 Å². The fraction of sp³-hybridized carbons (Fsp3) is 0.571. The number of amides is 1. The van der Waals surface area contributed by atoms with Crippen molar-refractivity contribution in [3.05, 3.63) is 23.5 Å². The molecule has 2 rings (SSSR count). The Morgan fingerprint density at radius 2 is 2.05 bits per heavy atom. The molecule has 5 nitrogen and oxygen atoms in total. The van der Waals surface area contributed by atoms with Gasteiger partial charge in [-0.1, -0.05) is 19.3 Å². The first-order chi connectivity index (χ1) is 9.08. The lowest BCUT2D eigenvalue weighted by atomic mass is 10.1. The normalized spacial score (nSPS) is 23.7. The van der Waals surface area contributed by atoms with E-state index in [4.69, 9.17) is 0 Å². The molecule has 1 fully saturated rings. The number of hydrogen-bond acceptors (Lipinski definition) is 3. The molecule has 2 unspecified atom stereocenters. The zero-order valence-corrected chi connectivity index (χ0v) is 11.1. The van der Waals surface area contributed by atoms with E-state index in [0.717, 1.165) is 32.1 Å². The van der Waals surface area contributed by atoms with Crippen LogP contribution >= 0.6 is 0 Å². The maximum atomic E-state index is 12.0. The Hall–Kier alpha value is -1.62. The van der Waals surface area contributed by atoms with E-state index in [1.807, 2.05) is 0 Å². The molecule has 0 saturated heterocycles. The van der Waals surface area contributed by atoms with Gasteiger partial charge in [0.25, 0.3) is 5.91 Å². The smallest absolute Gasteiger partial charge is 0.268 e. The maximum absolute atomic E-state index is 12.0. The SMILES string of the molecule is CC(=O)c1c[nH]c(C(=O)NC2CCCCCC2O)c1. The Morgan fingerprint density at radius 3 is 2.74 bits per heavy atom. The van der Waals surface area contributed by atoms with Gasteiger partial charge in [0.15, 0.2) is 5.78 Å². The summed E-state index contributed by atoms with van der Waals surface area (Å²) < 4.78 is 0.